The van der Waals surface area contributed by atoms with Crippen molar-refractivity contribution in [2.24, 2.45) is 0 Å². The van der Waals surface area contributed by atoms with Gasteiger partial charge in [-0.25, -0.2) is 4.79 Å². The van der Waals surface area contributed by atoms with Crippen LogP contribution in [0.4, 0.5) is 0 Å². The Balaban J connectivity index is 2.91. The standard InChI is InChI=1S/C8H5NO3S/c10-5-1-2-9-6-4(8(11)12)3-13-7(5)6/h1-3H,(H,9,10)(H,11,12). The number of hydrogen-bond donors (Lipinski definition) is 2. The minimum absolute atomic E-state index is 0.147. The number of pyridine rings is 1. The highest BCUT2D eigenvalue weighted by Gasteiger charge is 2.11. The molecule has 0 saturated carbocycles. The first-order valence-electron chi connectivity index (χ1n) is 3.52. The number of hydrogen-bond acceptors (Lipinski definition) is 3. The molecule has 0 saturated heterocycles. The van der Waals surface area contributed by atoms with Crippen LogP contribution in [0.3, 0.4) is 0 Å². The van der Waals surface area contributed by atoms with Crippen LogP contribution in [0, 0.1) is 0 Å². The highest BCUT2D eigenvalue weighted by atomic mass is 32.1. The summed E-state index contributed by atoms with van der Waals surface area (Å²) in [5.74, 6) is -1.02. The topological polar surface area (TPSA) is 70.2 Å². The molecule has 5 heteroatoms. The molecular formula is C8H5NO3S. The Kier molecular flexibility index (Phi) is 1.66. The Morgan fingerprint density at radius 2 is 2.31 bits per heavy atom. The van der Waals surface area contributed by atoms with Crippen molar-refractivity contribution in [3.8, 4) is 0 Å². The van der Waals surface area contributed by atoms with Gasteiger partial charge in [0.15, 0.2) is 5.43 Å². The first kappa shape index (κ1) is 8.00. The van der Waals surface area contributed by atoms with Gasteiger partial charge in [0.2, 0.25) is 0 Å². The van der Waals surface area contributed by atoms with Crippen LogP contribution in [0.25, 0.3) is 10.2 Å². The third kappa shape index (κ3) is 1.13. The SMILES string of the molecule is O=C(O)c1csc2c(=O)cc[nH]c12. The van der Waals surface area contributed by atoms with E-state index in [0.29, 0.717) is 10.2 Å². The molecule has 0 spiro atoms. The summed E-state index contributed by atoms with van der Waals surface area (Å²) in [6, 6.07) is 1.38. The number of thiophene rings is 1. The summed E-state index contributed by atoms with van der Waals surface area (Å²) in [6.07, 6.45) is 1.45. The maximum absolute atomic E-state index is 11.2. The summed E-state index contributed by atoms with van der Waals surface area (Å²) in [5.41, 5.74) is 0.411. The lowest BCUT2D eigenvalue weighted by Crippen LogP contribution is -2.00. The number of carboxylic acid groups (broad SMARTS) is 1. The van der Waals surface area contributed by atoms with Gasteiger partial charge in [-0.05, 0) is 0 Å². The summed E-state index contributed by atoms with van der Waals surface area (Å²) >= 11 is 1.14. The van der Waals surface area contributed by atoms with E-state index in [-0.39, 0.29) is 11.0 Å². The molecule has 0 aromatic carbocycles. The largest absolute Gasteiger partial charge is 0.478 e. The number of fused-ring (bicyclic) bond motifs is 1. The molecule has 2 aromatic rings. The molecule has 0 aliphatic carbocycles. The predicted molar refractivity (Wildman–Crippen MR) is 49.4 cm³/mol. The Morgan fingerprint density at radius 3 is 3.00 bits per heavy atom. The molecular weight excluding hydrogens is 190 g/mol. The number of H-pyrrole nitrogens is 1. The molecule has 2 N–H and O–H groups in total. The van der Waals surface area contributed by atoms with E-state index in [1.54, 1.807) is 0 Å². The Labute approximate surface area is 76.5 Å². The van der Waals surface area contributed by atoms with Gasteiger partial charge < -0.3 is 10.1 Å². The van der Waals surface area contributed by atoms with E-state index in [9.17, 15) is 9.59 Å². The number of nitrogens with one attached hydrogen (secondary N) is 1. The Bertz CT molecular complexity index is 525. The second kappa shape index (κ2) is 2.70. The van der Waals surface area contributed by atoms with Gasteiger partial charge in [0, 0.05) is 17.6 Å². The molecule has 66 valence electrons. The van der Waals surface area contributed by atoms with Crippen LogP contribution >= 0.6 is 11.3 Å². The highest BCUT2D eigenvalue weighted by Crippen LogP contribution is 2.20. The van der Waals surface area contributed by atoms with Crippen molar-refractivity contribution >= 4 is 27.5 Å². The van der Waals surface area contributed by atoms with Crippen LogP contribution in [0.1, 0.15) is 10.4 Å². The maximum Gasteiger partial charge on any atom is 0.338 e. The van der Waals surface area contributed by atoms with Gasteiger partial charge in [-0.1, -0.05) is 0 Å². The van der Waals surface area contributed by atoms with Crippen LogP contribution in [-0.2, 0) is 0 Å². The zero-order valence-corrected chi connectivity index (χ0v) is 7.22. The van der Waals surface area contributed by atoms with E-state index in [2.05, 4.69) is 4.98 Å². The van der Waals surface area contributed by atoms with Crippen LogP contribution in [0.5, 0.6) is 0 Å². The summed E-state index contributed by atoms with van der Waals surface area (Å²) < 4.78 is 0.458. The average Bonchev–Trinajstić information content (AvgIpc) is 2.48. The summed E-state index contributed by atoms with van der Waals surface area (Å²) in [7, 11) is 0. The third-order valence-corrected chi connectivity index (χ3v) is 2.70. The number of aromatic nitrogens is 1. The third-order valence-electron chi connectivity index (χ3n) is 1.71. The van der Waals surface area contributed by atoms with Gasteiger partial charge in [-0.2, -0.15) is 0 Å². The molecule has 0 radical (unpaired) electrons. The molecule has 4 nitrogen and oxygen atoms in total. The molecule has 0 aliphatic rings. The van der Waals surface area contributed by atoms with Gasteiger partial charge in [0.05, 0.1) is 15.8 Å². The van der Waals surface area contributed by atoms with Crippen LogP contribution in [0.15, 0.2) is 22.4 Å². The molecule has 0 aliphatic heterocycles. The fourth-order valence-electron chi connectivity index (χ4n) is 1.12. The smallest absolute Gasteiger partial charge is 0.338 e. The summed E-state index contributed by atoms with van der Waals surface area (Å²) in [5, 5.41) is 10.2. The molecule has 2 aromatic heterocycles. The van der Waals surface area contributed by atoms with E-state index in [1.165, 1.54) is 17.6 Å². The van der Waals surface area contributed by atoms with Crippen LogP contribution in [0.2, 0.25) is 0 Å². The molecule has 13 heavy (non-hydrogen) atoms. The molecule has 2 rings (SSSR count). The lowest BCUT2D eigenvalue weighted by Gasteiger charge is -1.90. The molecule has 2 heterocycles. The number of aromatic carboxylic acids is 1. The fraction of sp³-hybridized carbons (Fsp3) is 0. The number of carbonyl (C=O) groups is 1. The molecule has 0 bridgehead atoms. The lowest BCUT2D eigenvalue weighted by atomic mass is 10.3. The quantitative estimate of drug-likeness (QED) is 0.720. The molecule has 0 amide bonds. The van der Waals surface area contributed by atoms with E-state index >= 15 is 0 Å². The van der Waals surface area contributed by atoms with Crippen LogP contribution in [-0.4, -0.2) is 16.1 Å². The number of carboxylic acids is 1. The highest BCUT2D eigenvalue weighted by molar-refractivity contribution is 7.17. The van der Waals surface area contributed by atoms with Gasteiger partial charge >= 0.3 is 5.97 Å². The molecule has 0 fully saturated rings. The first-order chi connectivity index (χ1) is 6.20. The summed E-state index contributed by atoms with van der Waals surface area (Å²) in [6.45, 7) is 0. The molecule has 0 unspecified atom stereocenters. The van der Waals surface area contributed by atoms with E-state index in [1.807, 2.05) is 0 Å². The van der Waals surface area contributed by atoms with Crippen molar-refractivity contribution in [3.05, 3.63) is 33.4 Å². The number of rotatable bonds is 1. The van der Waals surface area contributed by atoms with Crippen molar-refractivity contribution in [1.82, 2.24) is 4.98 Å². The first-order valence-corrected chi connectivity index (χ1v) is 4.40. The van der Waals surface area contributed by atoms with Crippen molar-refractivity contribution in [1.29, 1.82) is 0 Å². The predicted octanol–water partition coefficient (Wildman–Crippen LogP) is 1.29. The normalized spacial score (nSPS) is 10.5. The van der Waals surface area contributed by atoms with Gasteiger partial charge in [-0.15, -0.1) is 11.3 Å². The zero-order chi connectivity index (χ0) is 9.42. The van der Waals surface area contributed by atoms with Gasteiger partial charge in [0.1, 0.15) is 0 Å². The zero-order valence-electron chi connectivity index (χ0n) is 6.40. The van der Waals surface area contributed by atoms with Gasteiger partial charge in [0.25, 0.3) is 0 Å². The average molecular weight is 195 g/mol. The van der Waals surface area contributed by atoms with E-state index in [4.69, 9.17) is 5.11 Å². The van der Waals surface area contributed by atoms with Crippen molar-refractivity contribution < 1.29 is 9.90 Å². The van der Waals surface area contributed by atoms with Crippen LogP contribution < -0.4 is 5.43 Å². The van der Waals surface area contributed by atoms with Crippen molar-refractivity contribution in [3.63, 3.8) is 0 Å². The fourth-order valence-corrected chi connectivity index (χ4v) is 2.04. The minimum atomic E-state index is -1.02. The second-order valence-corrected chi connectivity index (χ2v) is 3.38. The monoisotopic (exact) mass is 195 g/mol. The minimum Gasteiger partial charge on any atom is -0.478 e. The number of aromatic amines is 1. The maximum atomic E-state index is 11.2. The van der Waals surface area contributed by atoms with Crippen molar-refractivity contribution in [2.45, 2.75) is 0 Å². The summed E-state index contributed by atoms with van der Waals surface area (Å²) in [4.78, 5) is 24.6. The van der Waals surface area contributed by atoms with Gasteiger partial charge in [-0.3, -0.25) is 4.79 Å². The van der Waals surface area contributed by atoms with E-state index in [0.717, 1.165) is 11.3 Å². The van der Waals surface area contributed by atoms with Crippen molar-refractivity contribution in [2.75, 3.05) is 0 Å². The lowest BCUT2D eigenvalue weighted by molar-refractivity contribution is 0.0699. The Morgan fingerprint density at radius 1 is 1.54 bits per heavy atom. The second-order valence-electron chi connectivity index (χ2n) is 2.50. The Hall–Kier alpha value is -1.62. The van der Waals surface area contributed by atoms with E-state index < -0.39 is 5.97 Å². The molecule has 0 atom stereocenters.